The molecule has 1 heterocycles. The zero-order chi connectivity index (χ0) is 11.1. The molecule has 0 saturated heterocycles. The van der Waals surface area contributed by atoms with E-state index in [0.29, 0.717) is 0 Å². The Hall–Kier alpha value is -1.31. The Labute approximate surface area is 90.7 Å². The lowest BCUT2D eigenvalue weighted by Gasteiger charge is -2.33. The lowest BCUT2D eigenvalue weighted by molar-refractivity contribution is 0.112. The summed E-state index contributed by atoms with van der Waals surface area (Å²) in [5.74, 6) is 0. The van der Waals surface area contributed by atoms with Crippen molar-refractivity contribution in [3.63, 3.8) is 0 Å². The van der Waals surface area contributed by atoms with Gasteiger partial charge in [-0.3, -0.25) is 4.79 Å². The Bertz CT molecular complexity index is 407. The molecular formula is C13H17NO. The molecule has 2 nitrogen and oxygen atoms in total. The zero-order valence-electron chi connectivity index (χ0n) is 9.55. The third kappa shape index (κ3) is 1.65. The fraction of sp³-hybridized carbons (Fsp3) is 0.462. The van der Waals surface area contributed by atoms with Crippen LogP contribution in [0.1, 0.15) is 41.8 Å². The summed E-state index contributed by atoms with van der Waals surface area (Å²) in [7, 11) is 0. The lowest BCUT2D eigenvalue weighted by Crippen LogP contribution is -2.28. The van der Waals surface area contributed by atoms with Crippen molar-refractivity contribution in [3.8, 4) is 0 Å². The number of benzene rings is 1. The van der Waals surface area contributed by atoms with Crippen LogP contribution in [0.25, 0.3) is 0 Å². The number of fused-ring (bicyclic) bond motifs is 1. The molecule has 1 aromatic carbocycles. The van der Waals surface area contributed by atoms with Gasteiger partial charge < -0.3 is 5.32 Å². The van der Waals surface area contributed by atoms with Crippen molar-refractivity contribution in [2.75, 3.05) is 11.9 Å². The van der Waals surface area contributed by atoms with Crippen molar-refractivity contribution in [3.05, 3.63) is 28.8 Å². The normalized spacial score (nSPS) is 17.8. The minimum atomic E-state index is 0.173. The summed E-state index contributed by atoms with van der Waals surface area (Å²) in [6.07, 6.45) is 2.06. The van der Waals surface area contributed by atoms with Crippen LogP contribution in [-0.2, 0) is 5.41 Å². The van der Waals surface area contributed by atoms with Gasteiger partial charge in [-0.15, -0.1) is 0 Å². The number of hydrogen-bond donors (Lipinski definition) is 1. The SMILES string of the molecule is Cc1cc2c(cc1C=O)C(C)(C)CCN2. The summed E-state index contributed by atoms with van der Waals surface area (Å²) in [6.45, 7) is 7.46. The molecule has 2 rings (SSSR count). The van der Waals surface area contributed by atoms with Crippen LogP contribution in [0.15, 0.2) is 12.1 Å². The molecule has 0 bridgehead atoms. The minimum Gasteiger partial charge on any atom is -0.385 e. The van der Waals surface area contributed by atoms with Gasteiger partial charge in [0, 0.05) is 17.8 Å². The Morgan fingerprint density at radius 2 is 2.13 bits per heavy atom. The van der Waals surface area contributed by atoms with Crippen LogP contribution >= 0.6 is 0 Å². The number of aryl methyl sites for hydroxylation is 1. The van der Waals surface area contributed by atoms with E-state index in [1.165, 1.54) is 11.3 Å². The fourth-order valence-corrected chi connectivity index (χ4v) is 2.20. The van der Waals surface area contributed by atoms with Crippen molar-refractivity contribution in [1.82, 2.24) is 0 Å². The van der Waals surface area contributed by atoms with Crippen LogP contribution in [0.4, 0.5) is 5.69 Å². The number of nitrogens with one attached hydrogen (secondary N) is 1. The van der Waals surface area contributed by atoms with E-state index in [-0.39, 0.29) is 5.41 Å². The molecule has 2 heteroatoms. The van der Waals surface area contributed by atoms with E-state index in [0.717, 1.165) is 30.4 Å². The van der Waals surface area contributed by atoms with E-state index in [2.05, 4.69) is 25.2 Å². The maximum absolute atomic E-state index is 10.9. The highest BCUT2D eigenvalue weighted by Gasteiger charge is 2.27. The van der Waals surface area contributed by atoms with Gasteiger partial charge in [0.15, 0.2) is 0 Å². The largest absolute Gasteiger partial charge is 0.385 e. The molecule has 0 amide bonds. The Balaban J connectivity index is 2.61. The minimum absolute atomic E-state index is 0.173. The molecule has 1 aliphatic heterocycles. The standard InChI is InChI=1S/C13H17NO/c1-9-6-12-11(7-10(9)8-15)13(2,3)4-5-14-12/h6-8,14H,4-5H2,1-3H3. The van der Waals surface area contributed by atoms with E-state index in [1.54, 1.807) is 0 Å². The van der Waals surface area contributed by atoms with Gasteiger partial charge in [0.05, 0.1) is 0 Å². The van der Waals surface area contributed by atoms with Gasteiger partial charge in [0.25, 0.3) is 0 Å². The number of aldehydes is 1. The van der Waals surface area contributed by atoms with Crippen LogP contribution in [0.5, 0.6) is 0 Å². The average Bonchev–Trinajstić information content (AvgIpc) is 2.16. The van der Waals surface area contributed by atoms with Crippen LogP contribution in [-0.4, -0.2) is 12.8 Å². The maximum atomic E-state index is 10.9. The number of carbonyl (C=O) groups excluding carboxylic acids is 1. The Morgan fingerprint density at radius 1 is 1.40 bits per heavy atom. The molecule has 0 aliphatic carbocycles. The maximum Gasteiger partial charge on any atom is 0.150 e. The second-order valence-corrected chi connectivity index (χ2v) is 4.93. The molecule has 0 aromatic heterocycles. The fourth-order valence-electron chi connectivity index (χ4n) is 2.20. The van der Waals surface area contributed by atoms with Crippen molar-refractivity contribution in [2.45, 2.75) is 32.6 Å². The van der Waals surface area contributed by atoms with Crippen molar-refractivity contribution in [2.24, 2.45) is 0 Å². The van der Waals surface area contributed by atoms with Gasteiger partial charge in [0.2, 0.25) is 0 Å². The second-order valence-electron chi connectivity index (χ2n) is 4.93. The summed E-state index contributed by atoms with van der Waals surface area (Å²) in [5, 5.41) is 3.39. The molecule has 1 aromatic rings. The van der Waals surface area contributed by atoms with Gasteiger partial charge >= 0.3 is 0 Å². The number of hydrogen-bond acceptors (Lipinski definition) is 2. The van der Waals surface area contributed by atoms with E-state index in [1.807, 2.05) is 13.0 Å². The monoisotopic (exact) mass is 203 g/mol. The van der Waals surface area contributed by atoms with Crippen molar-refractivity contribution in [1.29, 1.82) is 0 Å². The first kappa shape index (κ1) is 10.2. The van der Waals surface area contributed by atoms with Crippen molar-refractivity contribution >= 4 is 12.0 Å². The summed E-state index contributed by atoms with van der Waals surface area (Å²) < 4.78 is 0. The topological polar surface area (TPSA) is 29.1 Å². The van der Waals surface area contributed by atoms with Crippen LogP contribution in [0.2, 0.25) is 0 Å². The van der Waals surface area contributed by atoms with Crippen molar-refractivity contribution < 1.29 is 4.79 Å². The van der Waals surface area contributed by atoms with E-state index >= 15 is 0 Å². The van der Waals surface area contributed by atoms with Crippen LogP contribution in [0.3, 0.4) is 0 Å². The molecule has 1 N–H and O–H groups in total. The second kappa shape index (κ2) is 3.37. The van der Waals surface area contributed by atoms with Crippen LogP contribution < -0.4 is 5.32 Å². The molecule has 0 atom stereocenters. The van der Waals surface area contributed by atoms with Gasteiger partial charge in [0.1, 0.15) is 6.29 Å². The van der Waals surface area contributed by atoms with Gasteiger partial charge in [-0.25, -0.2) is 0 Å². The quantitative estimate of drug-likeness (QED) is 0.711. The third-order valence-corrected chi connectivity index (χ3v) is 3.33. The smallest absolute Gasteiger partial charge is 0.150 e. The molecule has 1 aliphatic rings. The number of carbonyl (C=O) groups is 1. The molecule has 15 heavy (non-hydrogen) atoms. The van der Waals surface area contributed by atoms with Gasteiger partial charge in [-0.05, 0) is 42.0 Å². The molecule has 0 saturated carbocycles. The summed E-state index contributed by atoms with van der Waals surface area (Å²) in [4.78, 5) is 10.9. The molecular weight excluding hydrogens is 186 g/mol. The summed E-state index contributed by atoms with van der Waals surface area (Å²) in [6, 6.07) is 4.11. The lowest BCUT2D eigenvalue weighted by atomic mass is 9.77. The van der Waals surface area contributed by atoms with Gasteiger partial charge in [-0.1, -0.05) is 13.8 Å². The number of anilines is 1. The third-order valence-electron chi connectivity index (χ3n) is 3.33. The number of rotatable bonds is 1. The zero-order valence-corrected chi connectivity index (χ0v) is 9.55. The molecule has 0 radical (unpaired) electrons. The van der Waals surface area contributed by atoms with Gasteiger partial charge in [-0.2, -0.15) is 0 Å². The first-order valence-corrected chi connectivity index (χ1v) is 5.39. The highest BCUT2D eigenvalue weighted by Crippen LogP contribution is 2.37. The highest BCUT2D eigenvalue weighted by molar-refractivity contribution is 5.80. The van der Waals surface area contributed by atoms with E-state index < -0.39 is 0 Å². The summed E-state index contributed by atoms with van der Waals surface area (Å²) in [5.41, 5.74) is 4.49. The van der Waals surface area contributed by atoms with E-state index in [9.17, 15) is 4.79 Å². The molecule has 0 unspecified atom stereocenters. The first-order chi connectivity index (χ1) is 7.04. The predicted molar refractivity (Wildman–Crippen MR) is 62.7 cm³/mol. The Kier molecular flexibility index (Phi) is 2.29. The molecule has 0 fully saturated rings. The summed E-state index contributed by atoms with van der Waals surface area (Å²) >= 11 is 0. The Morgan fingerprint density at radius 3 is 2.80 bits per heavy atom. The van der Waals surface area contributed by atoms with Crippen LogP contribution in [0, 0.1) is 6.92 Å². The first-order valence-electron chi connectivity index (χ1n) is 5.39. The predicted octanol–water partition coefficient (Wildman–Crippen LogP) is 2.90. The molecule has 80 valence electrons. The molecule has 0 spiro atoms. The average molecular weight is 203 g/mol. The highest BCUT2D eigenvalue weighted by atomic mass is 16.1. The van der Waals surface area contributed by atoms with E-state index in [4.69, 9.17) is 0 Å².